The van der Waals surface area contributed by atoms with Gasteiger partial charge < -0.3 is 19.9 Å². The lowest BCUT2D eigenvalue weighted by molar-refractivity contribution is 0.386. The van der Waals surface area contributed by atoms with Gasteiger partial charge >= 0.3 is 0 Å². The van der Waals surface area contributed by atoms with Gasteiger partial charge in [0.05, 0.1) is 14.2 Å². The summed E-state index contributed by atoms with van der Waals surface area (Å²) in [6.07, 6.45) is 1.53. The lowest BCUT2D eigenvalue weighted by Crippen LogP contribution is -2.12. The fourth-order valence-corrected chi connectivity index (χ4v) is 1.60. The van der Waals surface area contributed by atoms with E-state index in [1.165, 1.54) is 6.20 Å². The maximum atomic E-state index is 7.36. The predicted molar refractivity (Wildman–Crippen MR) is 74.9 cm³/mol. The van der Waals surface area contributed by atoms with E-state index in [9.17, 15) is 0 Å². The van der Waals surface area contributed by atoms with E-state index in [2.05, 4.69) is 4.98 Å². The number of hydrogen-bond acceptors (Lipinski definition) is 5. The van der Waals surface area contributed by atoms with E-state index in [0.717, 1.165) is 0 Å². The molecule has 1 aromatic carbocycles. The van der Waals surface area contributed by atoms with E-state index >= 15 is 0 Å². The minimum Gasteiger partial charge on any atom is -0.496 e. The van der Waals surface area contributed by atoms with Crippen LogP contribution in [0, 0.1) is 5.41 Å². The van der Waals surface area contributed by atoms with Crippen molar-refractivity contribution < 1.29 is 14.2 Å². The molecule has 3 N–H and O–H groups in total. The van der Waals surface area contributed by atoms with Crippen LogP contribution in [0.3, 0.4) is 0 Å². The van der Waals surface area contributed by atoms with Crippen LogP contribution in [0.15, 0.2) is 36.5 Å². The Morgan fingerprint density at radius 1 is 1.00 bits per heavy atom. The molecule has 0 bridgehead atoms. The number of amidine groups is 1. The second-order valence-corrected chi connectivity index (χ2v) is 3.94. The lowest BCUT2D eigenvalue weighted by Gasteiger charge is -2.10. The van der Waals surface area contributed by atoms with Gasteiger partial charge in [0, 0.05) is 30.5 Å². The molecule has 2 aromatic rings. The van der Waals surface area contributed by atoms with Crippen molar-refractivity contribution >= 4 is 5.84 Å². The maximum absolute atomic E-state index is 7.36. The van der Waals surface area contributed by atoms with Crippen LogP contribution >= 0.6 is 0 Å². The molecule has 1 heterocycles. The second-order valence-electron chi connectivity index (χ2n) is 3.94. The average Bonchev–Trinajstić information content (AvgIpc) is 2.47. The van der Waals surface area contributed by atoms with Gasteiger partial charge in [-0.1, -0.05) is 0 Å². The van der Waals surface area contributed by atoms with Crippen molar-refractivity contribution in [3.8, 4) is 23.0 Å². The summed E-state index contributed by atoms with van der Waals surface area (Å²) in [5, 5.41) is 7.36. The SMILES string of the molecule is COc1cc(OC)cc(Oc2ccnc(C(=N)N)c2)c1. The number of nitrogen functional groups attached to an aromatic ring is 1. The lowest BCUT2D eigenvalue weighted by atomic mass is 10.3. The Hall–Kier alpha value is -2.76. The van der Waals surface area contributed by atoms with Crippen LogP contribution < -0.4 is 19.9 Å². The Morgan fingerprint density at radius 2 is 1.60 bits per heavy atom. The van der Waals surface area contributed by atoms with Crippen LogP contribution in [-0.2, 0) is 0 Å². The molecule has 0 saturated carbocycles. The first-order chi connectivity index (χ1) is 9.62. The van der Waals surface area contributed by atoms with Gasteiger partial charge in [0.2, 0.25) is 0 Å². The first-order valence-electron chi connectivity index (χ1n) is 5.83. The van der Waals surface area contributed by atoms with Gasteiger partial charge in [-0.25, -0.2) is 0 Å². The highest BCUT2D eigenvalue weighted by molar-refractivity contribution is 5.93. The van der Waals surface area contributed by atoms with Gasteiger partial charge in [-0.3, -0.25) is 10.4 Å². The van der Waals surface area contributed by atoms with Crippen LogP contribution in [0.25, 0.3) is 0 Å². The van der Waals surface area contributed by atoms with E-state index in [1.54, 1.807) is 44.6 Å². The number of benzene rings is 1. The second kappa shape index (κ2) is 5.92. The summed E-state index contributed by atoms with van der Waals surface area (Å²) in [6.45, 7) is 0. The summed E-state index contributed by atoms with van der Waals surface area (Å²) < 4.78 is 16.0. The zero-order chi connectivity index (χ0) is 14.5. The molecule has 0 atom stereocenters. The molecule has 6 heteroatoms. The van der Waals surface area contributed by atoms with Gasteiger partial charge in [0.15, 0.2) is 0 Å². The number of hydrogen-bond donors (Lipinski definition) is 2. The Bertz CT molecular complexity index is 607. The number of methoxy groups -OCH3 is 2. The minimum absolute atomic E-state index is 0.112. The molecule has 0 aliphatic rings. The summed E-state index contributed by atoms with van der Waals surface area (Å²) in [5.74, 6) is 2.22. The van der Waals surface area contributed by atoms with Crippen LogP contribution in [0.2, 0.25) is 0 Å². The van der Waals surface area contributed by atoms with Crippen molar-refractivity contribution in [3.05, 3.63) is 42.2 Å². The monoisotopic (exact) mass is 273 g/mol. The largest absolute Gasteiger partial charge is 0.496 e. The zero-order valence-corrected chi connectivity index (χ0v) is 11.2. The predicted octanol–water partition coefficient (Wildman–Crippen LogP) is 2.18. The number of nitrogens with two attached hydrogens (primary N) is 1. The van der Waals surface area contributed by atoms with Crippen molar-refractivity contribution in [3.63, 3.8) is 0 Å². The van der Waals surface area contributed by atoms with Gasteiger partial charge in [-0.2, -0.15) is 0 Å². The Kier molecular flexibility index (Phi) is 4.05. The molecule has 0 spiro atoms. The number of nitrogens with zero attached hydrogens (tertiary/aromatic N) is 1. The van der Waals surface area contributed by atoms with E-state index in [4.69, 9.17) is 25.4 Å². The Morgan fingerprint density at radius 3 is 2.15 bits per heavy atom. The van der Waals surface area contributed by atoms with Crippen LogP contribution in [0.1, 0.15) is 5.69 Å². The summed E-state index contributed by atoms with van der Waals surface area (Å²) in [4.78, 5) is 3.97. The standard InChI is InChI=1S/C14H15N3O3/c1-18-10-5-11(19-2)7-12(6-10)20-9-3-4-17-13(8-9)14(15)16/h3-8H,1-2H3,(H3,15,16). The van der Waals surface area contributed by atoms with Crippen LogP contribution in [0.5, 0.6) is 23.0 Å². The third-order valence-electron chi connectivity index (χ3n) is 2.57. The van der Waals surface area contributed by atoms with E-state index < -0.39 is 0 Å². The molecule has 0 aliphatic heterocycles. The van der Waals surface area contributed by atoms with Gasteiger partial charge in [0.25, 0.3) is 0 Å². The van der Waals surface area contributed by atoms with E-state index in [1.807, 2.05) is 0 Å². The van der Waals surface area contributed by atoms with Crippen molar-refractivity contribution in [2.24, 2.45) is 5.73 Å². The quantitative estimate of drug-likeness (QED) is 0.643. The molecular weight excluding hydrogens is 258 g/mol. The van der Waals surface area contributed by atoms with Crippen molar-refractivity contribution in [1.29, 1.82) is 5.41 Å². The summed E-state index contributed by atoms with van der Waals surface area (Å²) in [5.41, 5.74) is 5.75. The highest BCUT2D eigenvalue weighted by Crippen LogP contribution is 2.30. The highest BCUT2D eigenvalue weighted by atomic mass is 16.5. The normalized spacial score (nSPS) is 9.90. The van der Waals surface area contributed by atoms with Crippen molar-refractivity contribution in [2.45, 2.75) is 0 Å². The first-order valence-corrected chi connectivity index (χ1v) is 5.83. The highest BCUT2D eigenvalue weighted by Gasteiger charge is 2.06. The maximum Gasteiger partial charge on any atom is 0.141 e. The van der Waals surface area contributed by atoms with Crippen molar-refractivity contribution in [2.75, 3.05) is 14.2 Å². The molecule has 20 heavy (non-hydrogen) atoms. The number of rotatable bonds is 5. The molecule has 0 radical (unpaired) electrons. The number of aromatic nitrogens is 1. The van der Waals surface area contributed by atoms with E-state index in [0.29, 0.717) is 28.7 Å². The topological polar surface area (TPSA) is 90.5 Å². The number of ether oxygens (including phenoxy) is 3. The van der Waals surface area contributed by atoms with Gasteiger partial charge in [-0.15, -0.1) is 0 Å². The molecule has 0 fully saturated rings. The smallest absolute Gasteiger partial charge is 0.141 e. The number of pyridine rings is 1. The molecular formula is C14H15N3O3. The Labute approximate surface area is 116 Å². The molecule has 0 aliphatic carbocycles. The molecule has 0 unspecified atom stereocenters. The summed E-state index contributed by atoms with van der Waals surface area (Å²) >= 11 is 0. The minimum atomic E-state index is -0.112. The molecule has 1 aromatic heterocycles. The van der Waals surface area contributed by atoms with Gasteiger partial charge in [-0.05, 0) is 6.07 Å². The fourth-order valence-electron chi connectivity index (χ4n) is 1.60. The summed E-state index contributed by atoms with van der Waals surface area (Å²) in [7, 11) is 3.14. The number of nitrogens with one attached hydrogen (secondary N) is 1. The molecule has 0 saturated heterocycles. The van der Waals surface area contributed by atoms with Gasteiger partial charge in [0.1, 0.15) is 34.5 Å². The first kappa shape index (κ1) is 13.7. The molecule has 104 valence electrons. The fraction of sp³-hybridized carbons (Fsp3) is 0.143. The summed E-state index contributed by atoms with van der Waals surface area (Å²) in [6, 6.07) is 8.49. The third kappa shape index (κ3) is 3.17. The Balaban J connectivity index is 2.29. The van der Waals surface area contributed by atoms with Crippen LogP contribution in [-0.4, -0.2) is 25.0 Å². The van der Waals surface area contributed by atoms with E-state index in [-0.39, 0.29) is 5.84 Å². The third-order valence-corrected chi connectivity index (χ3v) is 2.57. The molecule has 0 amide bonds. The van der Waals surface area contributed by atoms with Crippen molar-refractivity contribution in [1.82, 2.24) is 4.98 Å². The zero-order valence-electron chi connectivity index (χ0n) is 11.2. The van der Waals surface area contributed by atoms with Crippen LogP contribution in [0.4, 0.5) is 0 Å². The molecule has 2 rings (SSSR count). The molecule has 6 nitrogen and oxygen atoms in total. The average molecular weight is 273 g/mol.